The van der Waals surface area contributed by atoms with Gasteiger partial charge in [0.25, 0.3) is 5.69 Å². The van der Waals surface area contributed by atoms with E-state index in [1.54, 1.807) is 16.8 Å². The van der Waals surface area contributed by atoms with Gasteiger partial charge in [0.05, 0.1) is 16.7 Å². The number of nitro groups is 1. The molecular formula is C16H20N4O3. The molecule has 1 N–H and O–H groups in total. The van der Waals surface area contributed by atoms with Crippen molar-refractivity contribution in [1.82, 2.24) is 15.1 Å². The molecule has 1 atom stereocenters. The van der Waals surface area contributed by atoms with E-state index in [1.165, 1.54) is 12.1 Å². The van der Waals surface area contributed by atoms with E-state index in [1.807, 2.05) is 13.2 Å². The maximum atomic E-state index is 10.8. The summed E-state index contributed by atoms with van der Waals surface area (Å²) in [6.45, 7) is 2.38. The van der Waals surface area contributed by atoms with E-state index in [2.05, 4.69) is 10.4 Å². The van der Waals surface area contributed by atoms with Crippen LogP contribution < -0.4 is 5.32 Å². The first-order valence-electron chi connectivity index (χ1n) is 7.73. The minimum Gasteiger partial charge on any atom is -0.377 e. The van der Waals surface area contributed by atoms with Gasteiger partial charge in [-0.15, -0.1) is 0 Å². The van der Waals surface area contributed by atoms with Crippen LogP contribution in [0.1, 0.15) is 18.4 Å². The largest absolute Gasteiger partial charge is 0.377 e. The fourth-order valence-electron chi connectivity index (χ4n) is 2.82. The number of aryl methyl sites for hydroxylation is 1. The van der Waals surface area contributed by atoms with E-state index in [-0.39, 0.29) is 5.69 Å². The molecule has 1 aromatic heterocycles. The summed E-state index contributed by atoms with van der Waals surface area (Å²) >= 11 is 0. The zero-order chi connectivity index (χ0) is 16.2. The monoisotopic (exact) mass is 316 g/mol. The number of hydrogen-bond acceptors (Lipinski definition) is 5. The molecule has 1 unspecified atom stereocenters. The molecule has 2 heterocycles. The highest BCUT2D eigenvalue weighted by molar-refractivity contribution is 5.64. The van der Waals surface area contributed by atoms with Crippen molar-refractivity contribution in [3.05, 3.63) is 46.1 Å². The lowest BCUT2D eigenvalue weighted by molar-refractivity contribution is -0.384. The Morgan fingerprint density at radius 3 is 2.87 bits per heavy atom. The molecule has 7 nitrogen and oxygen atoms in total. The molecule has 7 heteroatoms. The Morgan fingerprint density at radius 2 is 2.22 bits per heavy atom. The first kappa shape index (κ1) is 15.6. The van der Waals surface area contributed by atoms with E-state index in [4.69, 9.17) is 4.74 Å². The molecule has 2 aromatic rings. The normalized spacial score (nSPS) is 17.5. The van der Waals surface area contributed by atoms with E-state index in [0.717, 1.165) is 42.8 Å². The molecule has 0 saturated carbocycles. The van der Waals surface area contributed by atoms with Crippen LogP contribution >= 0.6 is 0 Å². The average Bonchev–Trinajstić information content (AvgIpc) is 3.17. The summed E-state index contributed by atoms with van der Waals surface area (Å²) < 4.78 is 7.36. The Balaban J connectivity index is 1.70. The smallest absolute Gasteiger partial charge is 0.269 e. The molecule has 3 rings (SSSR count). The molecule has 23 heavy (non-hydrogen) atoms. The number of ether oxygens (including phenoxy) is 1. The molecule has 0 bridgehead atoms. The van der Waals surface area contributed by atoms with Crippen molar-refractivity contribution >= 4 is 5.69 Å². The zero-order valence-corrected chi connectivity index (χ0v) is 13.1. The van der Waals surface area contributed by atoms with Crippen molar-refractivity contribution in [3.8, 4) is 11.3 Å². The molecule has 1 aliphatic heterocycles. The summed E-state index contributed by atoms with van der Waals surface area (Å²) in [5.41, 5.74) is 2.88. The van der Waals surface area contributed by atoms with Crippen LogP contribution in [0.5, 0.6) is 0 Å². The van der Waals surface area contributed by atoms with Crippen molar-refractivity contribution in [2.45, 2.75) is 25.5 Å². The van der Waals surface area contributed by atoms with Gasteiger partial charge in [-0.3, -0.25) is 14.8 Å². The van der Waals surface area contributed by atoms with Crippen molar-refractivity contribution in [2.75, 3.05) is 13.2 Å². The molecule has 0 aliphatic carbocycles. The molecule has 0 radical (unpaired) electrons. The zero-order valence-electron chi connectivity index (χ0n) is 13.1. The van der Waals surface area contributed by atoms with Gasteiger partial charge in [0.15, 0.2) is 0 Å². The molecule has 122 valence electrons. The lowest BCUT2D eigenvalue weighted by Gasteiger charge is -2.10. The van der Waals surface area contributed by atoms with Crippen LogP contribution in [0, 0.1) is 10.1 Å². The predicted octanol–water partition coefficient (Wildman–Crippen LogP) is 2.26. The summed E-state index contributed by atoms with van der Waals surface area (Å²) in [4.78, 5) is 10.4. The topological polar surface area (TPSA) is 82.2 Å². The molecule has 1 aromatic carbocycles. The fraction of sp³-hybridized carbons (Fsp3) is 0.438. The SMILES string of the molecule is Cn1cc(CNCC2CCCO2)c(-c2ccc([N+](=O)[O-])cc2)n1. The highest BCUT2D eigenvalue weighted by atomic mass is 16.6. The third-order valence-electron chi connectivity index (χ3n) is 3.97. The highest BCUT2D eigenvalue weighted by Gasteiger charge is 2.16. The molecule has 0 spiro atoms. The van der Waals surface area contributed by atoms with Gasteiger partial charge < -0.3 is 10.1 Å². The minimum atomic E-state index is -0.397. The van der Waals surface area contributed by atoms with E-state index < -0.39 is 4.92 Å². The van der Waals surface area contributed by atoms with Crippen LogP contribution in [0.25, 0.3) is 11.3 Å². The maximum Gasteiger partial charge on any atom is 0.269 e. The second kappa shape index (κ2) is 6.89. The first-order chi connectivity index (χ1) is 11.1. The van der Waals surface area contributed by atoms with Gasteiger partial charge in [0.1, 0.15) is 0 Å². The van der Waals surface area contributed by atoms with Gasteiger partial charge in [-0.25, -0.2) is 0 Å². The van der Waals surface area contributed by atoms with Gasteiger partial charge in [-0.1, -0.05) is 0 Å². The van der Waals surface area contributed by atoms with Gasteiger partial charge >= 0.3 is 0 Å². The Kier molecular flexibility index (Phi) is 4.68. The number of aromatic nitrogens is 2. The lowest BCUT2D eigenvalue weighted by Crippen LogP contribution is -2.25. The van der Waals surface area contributed by atoms with Gasteiger partial charge in [0, 0.05) is 56.2 Å². The quantitative estimate of drug-likeness (QED) is 0.653. The standard InChI is InChI=1S/C16H20N4O3/c1-19-11-13(9-17-10-15-3-2-8-23-15)16(18-19)12-4-6-14(7-5-12)20(21)22/h4-7,11,15,17H,2-3,8-10H2,1H3. The van der Waals surface area contributed by atoms with Crippen LogP contribution in [0.2, 0.25) is 0 Å². The second-order valence-corrected chi connectivity index (χ2v) is 5.75. The lowest BCUT2D eigenvalue weighted by atomic mass is 10.1. The highest BCUT2D eigenvalue weighted by Crippen LogP contribution is 2.24. The van der Waals surface area contributed by atoms with Crippen LogP contribution in [0.4, 0.5) is 5.69 Å². The predicted molar refractivity (Wildman–Crippen MR) is 86.0 cm³/mol. The Morgan fingerprint density at radius 1 is 1.43 bits per heavy atom. The Hall–Kier alpha value is -2.25. The summed E-state index contributed by atoms with van der Waals surface area (Å²) in [6, 6.07) is 6.50. The number of hydrogen-bond donors (Lipinski definition) is 1. The van der Waals surface area contributed by atoms with E-state index in [9.17, 15) is 10.1 Å². The second-order valence-electron chi connectivity index (χ2n) is 5.75. The third-order valence-corrected chi connectivity index (χ3v) is 3.97. The van der Waals surface area contributed by atoms with Gasteiger partial charge in [-0.2, -0.15) is 5.10 Å². The van der Waals surface area contributed by atoms with Gasteiger partial charge in [-0.05, 0) is 25.0 Å². The molecular weight excluding hydrogens is 296 g/mol. The number of rotatable bonds is 6. The fourth-order valence-corrected chi connectivity index (χ4v) is 2.82. The molecule has 1 saturated heterocycles. The van der Waals surface area contributed by atoms with E-state index in [0.29, 0.717) is 12.6 Å². The van der Waals surface area contributed by atoms with Crippen molar-refractivity contribution in [1.29, 1.82) is 0 Å². The molecule has 0 amide bonds. The van der Waals surface area contributed by atoms with Crippen LogP contribution in [0.15, 0.2) is 30.5 Å². The van der Waals surface area contributed by atoms with Crippen LogP contribution in [-0.2, 0) is 18.3 Å². The number of non-ortho nitro benzene ring substituents is 1. The Bertz CT molecular complexity index is 675. The number of nitrogens with one attached hydrogen (secondary N) is 1. The number of nitro benzene ring substituents is 1. The molecule has 1 fully saturated rings. The maximum absolute atomic E-state index is 10.8. The number of nitrogens with zero attached hydrogens (tertiary/aromatic N) is 3. The van der Waals surface area contributed by atoms with E-state index >= 15 is 0 Å². The van der Waals surface area contributed by atoms with Gasteiger partial charge in [0.2, 0.25) is 0 Å². The summed E-state index contributed by atoms with van der Waals surface area (Å²) in [5, 5.41) is 18.6. The Labute approximate surface area is 134 Å². The third kappa shape index (κ3) is 3.75. The summed E-state index contributed by atoms with van der Waals surface area (Å²) in [6.07, 6.45) is 4.51. The average molecular weight is 316 g/mol. The minimum absolute atomic E-state index is 0.0859. The van der Waals surface area contributed by atoms with Crippen molar-refractivity contribution in [2.24, 2.45) is 7.05 Å². The van der Waals surface area contributed by atoms with Crippen LogP contribution in [-0.4, -0.2) is 34.0 Å². The summed E-state index contributed by atoms with van der Waals surface area (Å²) in [5.74, 6) is 0. The molecule has 1 aliphatic rings. The van der Waals surface area contributed by atoms with Crippen molar-refractivity contribution < 1.29 is 9.66 Å². The van der Waals surface area contributed by atoms with Crippen molar-refractivity contribution in [3.63, 3.8) is 0 Å². The first-order valence-corrected chi connectivity index (χ1v) is 7.73. The van der Waals surface area contributed by atoms with Crippen LogP contribution in [0.3, 0.4) is 0 Å². The number of benzene rings is 1. The summed E-state index contributed by atoms with van der Waals surface area (Å²) in [7, 11) is 1.87.